The Labute approximate surface area is 165 Å². The minimum absolute atomic E-state index is 0.208. The molecular weight excluding hydrogens is 350 g/mol. The highest BCUT2D eigenvalue weighted by Gasteiger charge is 2.23. The first-order chi connectivity index (χ1) is 13.7. The van der Waals surface area contributed by atoms with Gasteiger partial charge in [0.05, 0.1) is 18.7 Å². The van der Waals surface area contributed by atoms with Crippen LogP contribution in [0.2, 0.25) is 0 Å². The van der Waals surface area contributed by atoms with Gasteiger partial charge < -0.3 is 9.64 Å². The first-order valence-electron chi connectivity index (χ1n) is 9.86. The molecule has 0 unspecified atom stereocenters. The van der Waals surface area contributed by atoms with Crippen LogP contribution in [-0.2, 0) is 11.2 Å². The van der Waals surface area contributed by atoms with Gasteiger partial charge in [0.15, 0.2) is 0 Å². The highest BCUT2D eigenvalue weighted by atomic mass is 16.5. The number of likely N-dealkylation sites (tertiary alicyclic amines) is 1. The molecule has 2 heterocycles. The number of ether oxygens (including phenoxy) is 1. The summed E-state index contributed by atoms with van der Waals surface area (Å²) in [5, 5.41) is 10.4. The molecule has 0 N–H and O–H groups in total. The second-order valence-electron chi connectivity index (χ2n) is 7.46. The monoisotopic (exact) mass is 375 g/mol. The van der Waals surface area contributed by atoms with E-state index in [9.17, 15) is 4.79 Å². The summed E-state index contributed by atoms with van der Waals surface area (Å²) in [6, 6.07) is 18.2. The minimum atomic E-state index is 0.208. The average molecular weight is 375 g/mol. The lowest BCUT2D eigenvalue weighted by atomic mass is 9.96. The molecule has 0 aliphatic carbocycles. The Bertz CT molecular complexity index is 942. The zero-order chi connectivity index (χ0) is 19.3. The number of carbonyl (C=O) groups is 1. The van der Waals surface area contributed by atoms with Gasteiger partial charge in [-0.15, -0.1) is 5.10 Å². The number of hydrogen-bond donors (Lipinski definition) is 0. The third kappa shape index (κ3) is 4.30. The van der Waals surface area contributed by atoms with E-state index in [1.807, 2.05) is 42.2 Å². The third-order valence-corrected chi connectivity index (χ3v) is 5.43. The van der Waals surface area contributed by atoms with Crippen LogP contribution in [0.25, 0.3) is 10.8 Å². The summed E-state index contributed by atoms with van der Waals surface area (Å²) in [5.74, 6) is 1.23. The lowest BCUT2D eigenvalue weighted by Crippen LogP contribution is -2.40. The van der Waals surface area contributed by atoms with Crippen molar-refractivity contribution >= 4 is 16.7 Å². The average Bonchev–Trinajstić information content (AvgIpc) is 2.74. The van der Waals surface area contributed by atoms with Crippen molar-refractivity contribution in [2.24, 2.45) is 5.92 Å². The Morgan fingerprint density at radius 2 is 1.82 bits per heavy atom. The van der Waals surface area contributed by atoms with Gasteiger partial charge in [-0.05, 0) is 48.1 Å². The molecule has 0 radical (unpaired) electrons. The van der Waals surface area contributed by atoms with E-state index in [0.717, 1.165) is 37.2 Å². The van der Waals surface area contributed by atoms with Crippen LogP contribution in [0.4, 0.5) is 0 Å². The van der Waals surface area contributed by atoms with E-state index in [1.165, 1.54) is 10.8 Å². The van der Waals surface area contributed by atoms with Crippen LogP contribution in [0.15, 0.2) is 54.6 Å². The first kappa shape index (κ1) is 18.4. The van der Waals surface area contributed by atoms with Gasteiger partial charge in [0, 0.05) is 19.2 Å². The van der Waals surface area contributed by atoms with Gasteiger partial charge in [-0.25, -0.2) is 0 Å². The molecule has 1 aromatic heterocycles. The molecule has 5 nitrogen and oxygen atoms in total. The second-order valence-corrected chi connectivity index (χ2v) is 7.46. The standard InChI is InChI=1S/C23H25N3O2/c1-17-9-10-22(25-24-17)28-16-18-11-13-26(14-12-18)23(27)15-20-7-4-6-19-5-2-3-8-21(19)20/h2-10,18H,11-16H2,1H3. The molecule has 5 heteroatoms. The van der Waals surface area contributed by atoms with Crippen LogP contribution >= 0.6 is 0 Å². The quantitative estimate of drug-likeness (QED) is 0.681. The summed E-state index contributed by atoms with van der Waals surface area (Å²) < 4.78 is 5.76. The van der Waals surface area contributed by atoms with E-state index in [1.54, 1.807) is 0 Å². The molecule has 4 rings (SSSR count). The Morgan fingerprint density at radius 3 is 2.61 bits per heavy atom. The van der Waals surface area contributed by atoms with Crippen molar-refractivity contribution in [3.05, 3.63) is 65.9 Å². The molecule has 0 saturated carbocycles. The van der Waals surface area contributed by atoms with Gasteiger partial charge in [0.25, 0.3) is 0 Å². The first-order valence-corrected chi connectivity index (χ1v) is 9.86. The number of carbonyl (C=O) groups excluding carboxylic acids is 1. The summed E-state index contributed by atoms with van der Waals surface area (Å²) in [6.45, 7) is 4.11. The largest absolute Gasteiger partial charge is 0.476 e. The Balaban J connectivity index is 1.29. The Kier molecular flexibility index (Phi) is 5.51. The van der Waals surface area contributed by atoms with Gasteiger partial charge in [0.1, 0.15) is 0 Å². The van der Waals surface area contributed by atoms with Crippen molar-refractivity contribution in [2.45, 2.75) is 26.2 Å². The third-order valence-electron chi connectivity index (χ3n) is 5.43. The Hall–Kier alpha value is -2.95. The number of benzene rings is 2. The number of rotatable bonds is 5. The number of amides is 1. The van der Waals surface area contributed by atoms with E-state index in [-0.39, 0.29) is 5.91 Å². The minimum Gasteiger partial charge on any atom is -0.476 e. The van der Waals surface area contributed by atoms with E-state index in [4.69, 9.17) is 4.74 Å². The number of aromatic nitrogens is 2. The molecule has 1 aliphatic rings. The molecule has 1 saturated heterocycles. The molecular formula is C23H25N3O2. The van der Waals surface area contributed by atoms with E-state index in [0.29, 0.717) is 24.8 Å². The predicted octanol–water partition coefficient (Wildman–Crippen LogP) is 3.80. The number of hydrogen-bond acceptors (Lipinski definition) is 4. The fourth-order valence-electron chi connectivity index (χ4n) is 3.74. The molecule has 1 aliphatic heterocycles. The lowest BCUT2D eigenvalue weighted by molar-refractivity contribution is -0.132. The molecule has 28 heavy (non-hydrogen) atoms. The molecule has 1 fully saturated rings. The summed E-state index contributed by atoms with van der Waals surface area (Å²) in [4.78, 5) is 14.8. The SMILES string of the molecule is Cc1ccc(OCC2CCN(C(=O)Cc3cccc4ccccc34)CC2)nn1. The number of piperidine rings is 1. The molecule has 3 aromatic rings. The van der Waals surface area contributed by atoms with E-state index in [2.05, 4.69) is 34.5 Å². The maximum absolute atomic E-state index is 12.8. The van der Waals surface area contributed by atoms with Gasteiger partial charge >= 0.3 is 0 Å². The second kappa shape index (κ2) is 8.38. The summed E-state index contributed by atoms with van der Waals surface area (Å²) in [5.41, 5.74) is 1.98. The zero-order valence-corrected chi connectivity index (χ0v) is 16.2. The van der Waals surface area contributed by atoms with Crippen LogP contribution in [0, 0.1) is 12.8 Å². The fourth-order valence-corrected chi connectivity index (χ4v) is 3.74. The predicted molar refractivity (Wildman–Crippen MR) is 109 cm³/mol. The molecule has 1 amide bonds. The summed E-state index contributed by atoms with van der Waals surface area (Å²) >= 11 is 0. The van der Waals surface area contributed by atoms with E-state index >= 15 is 0 Å². The van der Waals surface area contributed by atoms with Gasteiger partial charge in [-0.3, -0.25) is 4.79 Å². The molecule has 2 aromatic carbocycles. The van der Waals surface area contributed by atoms with Crippen LogP contribution in [0.3, 0.4) is 0 Å². The van der Waals surface area contributed by atoms with Crippen molar-refractivity contribution < 1.29 is 9.53 Å². The molecule has 144 valence electrons. The maximum Gasteiger partial charge on any atom is 0.233 e. The van der Waals surface area contributed by atoms with Crippen molar-refractivity contribution in [2.75, 3.05) is 19.7 Å². The fraction of sp³-hybridized carbons (Fsp3) is 0.348. The van der Waals surface area contributed by atoms with Crippen molar-refractivity contribution in [1.29, 1.82) is 0 Å². The lowest BCUT2D eigenvalue weighted by Gasteiger charge is -2.32. The molecule has 0 bridgehead atoms. The number of fused-ring (bicyclic) bond motifs is 1. The van der Waals surface area contributed by atoms with Crippen molar-refractivity contribution in [3.8, 4) is 5.88 Å². The maximum atomic E-state index is 12.8. The normalized spacial score (nSPS) is 15.0. The van der Waals surface area contributed by atoms with E-state index < -0.39 is 0 Å². The summed E-state index contributed by atoms with van der Waals surface area (Å²) in [7, 11) is 0. The summed E-state index contributed by atoms with van der Waals surface area (Å²) in [6.07, 6.45) is 2.38. The smallest absolute Gasteiger partial charge is 0.233 e. The van der Waals surface area contributed by atoms with Gasteiger partial charge in [-0.2, -0.15) is 5.10 Å². The van der Waals surface area contributed by atoms with Crippen LogP contribution in [-0.4, -0.2) is 40.7 Å². The molecule has 0 atom stereocenters. The number of nitrogens with zero attached hydrogens (tertiary/aromatic N) is 3. The van der Waals surface area contributed by atoms with Crippen molar-refractivity contribution in [3.63, 3.8) is 0 Å². The van der Waals surface area contributed by atoms with Crippen LogP contribution in [0.1, 0.15) is 24.1 Å². The molecule has 0 spiro atoms. The highest BCUT2D eigenvalue weighted by Crippen LogP contribution is 2.22. The van der Waals surface area contributed by atoms with Crippen molar-refractivity contribution in [1.82, 2.24) is 15.1 Å². The van der Waals surface area contributed by atoms with Crippen LogP contribution < -0.4 is 4.74 Å². The zero-order valence-electron chi connectivity index (χ0n) is 16.2. The Morgan fingerprint density at radius 1 is 1.04 bits per heavy atom. The topological polar surface area (TPSA) is 55.3 Å². The van der Waals surface area contributed by atoms with Gasteiger partial charge in [-0.1, -0.05) is 42.5 Å². The number of aryl methyl sites for hydroxylation is 1. The van der Waals surface area contributed by atoms with Gasteiger partial charge in [0.2, 0.25) is 11.8 Å². The van der Waals surface area contributed by atoms with Crippen LogP contribution in [0.5, 0.6) is 5.88 Å². The highest BCUT2D eigenvalue weighted by molar-refractivity contribution is 5.90.